The molecule has 0 unspecified atom stereocenters. The number of hydrogen-bond donors (Lipinski definition) is 1. The van der Waals surface area contributed by atoms with Crippen LogP contribution in [-0.2, 0) is 17.6 Å². The Kier molecular flexibility index (Phi) is 5.92. The zero-order chi connectivity index (χ0) is 13.5. The molecule has 1 aromatic heterocycles. The lowest BCUT2D eigenvalue weighted by molar-refractivity contribution is -0.113. The van der Waals surface area contributed by atoms with Gasteiger partial charge in [0.1, 0.15) is 0 Å². The van der Waals surface area contributed by atoms with E-state index in [9.17, 15) is 4.79 Å². The quantitative estimate of drug-likeness (QED) is 0.666. The highest BCUT2D eigenvalue weighted by molar-refractivity contribution is 8.00. The Morgan fingerprint density at radius 1 is 1.37 bits per heavy atom. The van der Waals surface area contributed by atoms with E-state index in [0.717, 1.165) is 23.7 Å². The molecule has 1 heterocycles. The van der Waals surface area contributed by atoms with E-state index in [-0.39, 0.29) is 5.91 Å². The number of amides is 1. The first kappa shape index (κ1) is 14.6. The van der Waals surface area contributed by atoms with Crippen molar-refractivity contribution in [1.82, 2.24) is 4.98 Å². The van der Waals surface area contributed by atoms with E-state index in [1.807, 2.05) is 6.08 Å². The molecule has 0 saturated carbocycles. The number of thioether (sulfide) groups is 1. The predicted octanol–water partition coefficient (Wildman–Crippen LogP) is 3.66. The molecule has 1 aliphatic rings. The molecule has 0 bridgehead atoms. The Bertz CT molecular complexity index is 417. The lowest BCUT2D eigenvalue weighted by Gasteiger charge is -2.06. The van der Waals surface area contributed by atoms with Crippen LogP contribution in [0.25, 0.3) is 0 Å². The number of fused-ring (bicyclic) bond motifs is 1. The largest absolute Gasteiger partial charge is 0.301 e. The van der Waals surface area contributed by atoms with Crippen molar-refractivity contribution in [1.29, 1.82) is 0 Å². The highest BCUT2D eigenvalue weighted by atomic mass is 32.2. The van der Waals surface area contributed by atoms with Crippen molar-refractivity contribution >= 4 is 34.1 Å². The zero-order valence-corrected chi connectivity index (χ0v) is 12.7. The summed E-state index contributed by atoms with van der Waals surface area (Å²) >= 11 is 3.22. The molecule has 1 aliphatic carbocycles. The first-order chi connectivity index (χ1) is 9.29. The topological polar surface area (TPSA) is 42.0 Å². The van der Waals surface area contributed by atoms with Crippen molar-refractivity contribution in [2.45, 2.75) is 38.5 Å². The molecule has 0 atom stereocenters. The summed E-state index contributed by atoms with van der Waals surface area (Å²) in [5.41, 5.74) is 1.21. The maximum Gasteiger partial charge on any atom is 0.236 e. The summed E-state index contributed by atoms with van der Waals surface area (Å²) in [6, 6.07) is 0. The van der Waals surface area contributed by atoms with Gasteiger partial charge in [-0.1, -0.05) is 18.9 Å². The molecule has 3 nitrogen and oxygen atoms in total. The standard InChI is InChI=1S/C14H20N2OS2/c1-2-9-18-10-13(17)16-14-15-11-7-5-3-4-6-8-12(11)19-14/h2H,1,3-10H2,(H,15,16,17). The van der Waals surface area contributed by atoms with Crippen molar-refractivity contribution in [2.24, 2.45) is 0 Å². The molecule has 5 heteroatoms. The second-order valence-corrected chi connectivity index (χ2v) is 6.77. The molecule has 0 aliphatic heterocycles. The Morgan fingerprint density at radius 3 is 2.95 bits per heavy atom. The molecular formula is C14H20N2OS2. The zero-order valence-electron chi connectivity index (χ0n) is 11.1. The summed E-state index contributed by atoms with van der Waals surface area (Å²) in [5.74, 6) is 1.31. The van der Waals surface area contributed by atoms with Crippen LogP contribution in [-0.4, -0.2) is 22.4 Å². The van der Waals surface area contributed by atoms with Crippen LogP contribution in [0.5, 0.6) is 0 Å². The van der Waals surface area contributed by atoms with E-state index in [1.54, 1.807) is 23.1 Å². The van der Waals surface area contributed by atoms with E-state index in [2.05, 4.69) is 16.9 Å². The first-order valence-electron chi connectivity index (χ1n) is 6.76. The molecule has 0 spiro atoms. The molecule has 2 rings (SSSR count). The van der Waals surface area contributed by atoms with Crippen molar-refractivity contribution in [3.05, 3.63) is 23.2 Å². The average molecular weight is 296 g/mol. The number of aryl methyl sites for hydroxylation is 2. The summed E-state index contributed by atoms with van der Waals surface area (Å²) in [7, 11) is 0. The second kappa shape index (κ2) is 7.70. The van der Waals surface area contributed by atoms with Crippen LogP contribution < -0.4 is 5.32 Å². The second-order valence-electron chi connectivity index (χ2n) is 4.66. The van der Waals surface area contributed by atoms with E-state index >= 15 is 0 Å². The molecule has 0 fully saturated rings. The van der Waals surface area contributed by atoms with Gasteiger partial charge in [0, 0.05) is 10.6 Å². The third-order valence-electron chi connectivity index (χ3n) is 3.06. The van der Waals surface area contributed by atoms with Crippen LogP contribution in [0.3, 0.4) is 0 Å². The van der Waals surface area contributed by atoms with E-state index in [0.29, 0.717) is 5.75 Å². The fraction of sp³-hybridized carbons (Fsp3) is 0.571. The molecule has 1 N–H and O–H groups in total. The summed E-state index contributed by atoms with van der Waals surface area (Å²) in [6.07, 6.45) is 9.08. The average Bonchev–Trinajstić information content (AvgIpc) is 2.71. The van der Waals surface area contributed by atoms with E-state index in [4.69, 9.17) is 0 Å². The van der Waals surface area contributed by atoms with Gasteiger partial charge in [-0.05, 0) is 25.7 Å². The number of hydrogen-bond acceptors (Lipinski definition) is 4. The normalized spacial score (nSPS) is 15.2. The molecule has 19 heavy (non-hydrogen) atoms. The van der Waals surface area contributed by atoms with Crippen molar-refractivity contribution in [2.75, 3.05) is 16.8 Å². The highest BCUT2D eigenvalue weighted by Gasteiger charge is 2.14. The minimum absolute atomic E-state index is 0.0357. The van der Waals surface area contributed by atoms with Gasteiger partial charge in [0.15, 0.2) is 5.13 Å². The smallest absolute Gasteiger partial charge is 0.236 e. The fourth-order valence-electron chi connectivity index (χ4n) is 2.15. The molecule has 0 radical (unpaired) electrons. The van der Waals surface area contributed by atoms with E-state index in [1.165, 1.54) is 36.3 Å². The van der Waals surface area contributed by atoms with Gasteiger partial charge in [-0.2, -0.15) is 0 Å². The highest BCUT2D eigenvalue weighted by Crippen LogP contribution is 2.28. The maximum atomic E-state index is 11.7. The monoisotopic (exact) mass is 296 g/mol. The lowest BCUT2D eigenvalue weighted by Crippen LogP contribution is -2.14. The van der Waals surface area contributed by atoms with Crippen LogP contribution in [0.4, 0.5) is 5.13 Å². The summed E-state index contributed by atoms with van der Waals surface area (Å²) < 4.78 is 0. The Labute approximate surface area is 122 Å². The number of aromatic nitrogens is 1. The van der Waals surface area contributed by atoms with Gasteiger partial charge in [-0.25, -0.2) is 4.98 Å². The summed E-state index contributed by atoms with van der Waals surface area (Å²) in [4.78, 5) is 17.7. The fourth-order valence-corrected chi connectivity index (χ4v) is 3.76. The van der Waals surface area contributed by atoms with Crippen molar-refractivity contribution < 1.29 is 4.79 Å². The van der Waals surface area contributed by atoms with Gasteiger partial charge in [0.05, 0.1) is 11.4 Å². The van der Waals surface area contributed by atoms with Crippen LogP contribution in [0, 0.1) is 0 Å². The predicted molar refractivity (Wildman–Crippen MR) is 84.1 cm³/mol. The molecule has 0 saturated heterocycles. The van der Waals surface area contributed by atoms with Crippen LogP contribution >= 0.6 is 23.1 Å². The Hall–Kier alpha value is -0.810. The van der Waals surface area contributed by atoms with Gasteiger partial charge in [0.2, 0.25) is 5.91 Å². The first-order valence-corrected chi connectivity index (χ1v) is 8.74. The Balaban J connectivity index is 1.91. The summed E-state index contributed by atoms with van der Waals surface area (Å²) in [6.45, 7) is 3.64. The van der Waals surface area contributed by atoms with Gasteiger partial charge < -0.3 is 5.32 Å². The SMILES string of the molecule is C=CCSCC(=O)Nc1nc2c(s1)CCCCCC2. The molecule has 1 aromatic rings. The number of anilines is 1. The number of nitrogens with one attached hydrogen (secondary N) is 1. The van der Waals surface area contributed by atoms with Gasteiger partial charge in [0.25, 0.3) is 0 Å². The van der Waals surface area contributed by atoms with Crippen molar-refractivity contribution in [3.63, 3.8) is 0 Å². The molecule has 104 valence electrons. The number of carbonyl (C=O) groups is 1. The molecule has 0 aromatic carbocycles. The van der Waals surface area contributed by atoms with Crippen LogP contribution in [0.2, 0.25) is 0 Å². The lowest BCUT2D eigenvalue weighted by atomic mass is 10.0. The number of thiazole rings is 1. The Morgan fingerprint density at radius 2 is 2.16 bits per heavy atom. The van der Waals surface area contributed by atoms with Gasteiger partial charge in [-0.15, -0.1) is 29.7 Å². The van der Waals surface area contributed by atoms with Crippen LogP contribution in [0.15, 0.2) is 12.7 Å². The summed E-state index contributed by atoms with van der Waals surface area (Å²) in [5, 5.41) is 3.69. The third-order valence-corrected chi connectivity index (χ3v) is 5.07. The number of rotatable bonds is 5. The maximum absolute atomic E-state index is 11.7. The minimum Gasteiger partial charge on any atom is -0.301 e. The molecular weight excluding hydrogens is 276 g/mol. The van der Waals surface area contributed by atoms with Crippen LogP contribution in [0.1, 0.15) is 36.3 Å². The molecule has 1 amide bonds. The number of nitrogens with zero attached hydrogens (tertiary/aromatic N) is 1. The van der Waals surface area contributed by atoms with Gasteiger partial charge >= 0.3 is 0 Å². The van der Waals surface area contributed by atoms with Crippen molar-refractivity contribution in [3.8, 4) is 0 Å². The van der Waals surface area contributed by atoms with E-state index < -0.39 is 0 Å². The number of carbonyl (C=O) groups excluding carboxylic acids is 1. The minimum atomic E-state index is 0.0357. The van der Waals surface area contributed by atoms with Gasteiger partial charge in [-0.3, -0.25) is 4.79 Å². The third kappa shape index (κ3) is 4.66.